The van der Waals surface area contributed by atoms with Crippen LogP contribution in [-0.4, -0.2) is 27.7 Å². The van der Waals surface area contributed by atoms with Crippen molar-refractivity contribution in [1.82, 2.24) is 10.2 Å². The molecule has 0 spiro atoms. The molecule has 3 rings (SSSR count). The van der Waals surface area contributed by atoms with Crippen LogP contribution in [0.4, 0.5) is 0 Å². The number of aliphatic hydroxyl groups excluding tert-OH is 1. The van der Waals surface area contributed by atoms with Gasteiger partial charge in [-0.15, -0.1) is 21.5 Å². The molecule has 0 amide bonds. The van der Waals surface area contributed by atoms with Crippen molar-refractivity contribution in [3.63, 3.8) is 0 Å². The third-order valence-electron chi connectivity index (χ3n) is 3.26. The quantitative estimate of drug-likeness (QED) is 0.879. The first-order valence-electron chi connectivity index (χ1n) is 6.45. The summed E-state index contributed by atoms with van der Waals surface area (Å²) in [6, 6.07) is 2.20. The summed E-state index contributed by atoms with van der Waals surface area (Å²) >= 11 is 3.16. The number of thiophene rings is 1. The molecule has 6 heteroatoms. The van der Waals surface area contributed by atoms with E-state index < -0.39 is 0 Å². The van der Waals surface area contributed by atoms with E-state index in [1.54, 1.807) is 11.3 Å². The van der Waals surface area contributed by atoms with E-state index in [0.29, 0.717) is 16.9 Å². The van der Waals surface area contributed by atoms with Crippen LogP contribution < -0.4 is 0 Å². The van der Waals surface area contributed by atoms with Crippen molar-refractivity contribution in [3.05, 3.63) is 16.5 Å². The van der Waals surface area contributed by atoms with Crippen LogP contribution in [0, 0.1) is 5.92 Å². The van der Waals surface area contributed by atoms with Crippen LogP contribution in [0.2, 0.25) is 0 Å². The summed E-state index contributed by atoms with van der Waals surface area (Å²) in [5.41, 5.74) is 1.45. The van der Waals surface area contributed by atoms with Gasteiger partial charge in [-0.1, -0.05) is 18.7 Å². The molecule has 2 heterocycles. The topological polar surface area (TPSA) is 59.2 Å². The van der Waals surface area contributed by atoms with E-state index in [0.717, 1.165) is 17.2 Å². The number of hydrogen-bond donors (Lipinski definition) is 1. The van der Waals surface area contributed by atoms with Crippen LogP contribution in [-0.2, 0) is 12.8 Å². The Kier molecular flexibility index (Phi) is 3.91. The van der Waals surface area contributed by atoms with Crippen molar-refractivity contribution in [2.45, 2.75) is 31.4 Å². The zero-order chi connectivity index (χ0) is 13.2. The fourth-order valence-electron chi connectivity index (χ4n) is 2.31. The molecule has 0 saturated heterocycles. The first-order valence-corrected chi connectivity index (χ1v) is 8.25. The molecule has 1 aliphatic carbocycles. The minimum absolute atomic E-state index is 0.119. The first kappa shape index (κ1) is 13.1. The lowest BCUT2D eigenvalue weighted by atomic mass is 9.90. The van der Waals surface area contributed by atoms with Gasteiger partial charge in [0.2, 0.25) is 0 Å². The number of aliphatic hydroxyl groups is 1. The number of rotatable bonds is 4. The molecule has 102 valence electrons. The zero-order valence-electron chi connectivity index (χ0n) is 10.8. The molecule has 0 bridgehead atoms. The molecule has 0 fully saturated rings. The van der Waals surface area contributed by atoms with Gasteiger partial charge >= 0.3 is 0 Å². The largest absolute Gasteiger partial charge is 0.410 e. The number of hydrogen-bond acceptors (Lipinski definition) is 6. The molecular formula is C13H16N2O2S2. The van der Waals surface area contributed by atoms with Gasteiger partial charge in [0.25, 0.3) is 11.1 Å². The van der Waals surface area contributed by atoms with Gasteiger partial charge in [-0.05, 0) is 36.8 Å². The van der Waals surface area contributed by atoms with Crippen LogP contribution in [0.25, 0.3) is 10.8 Å². The molecule has 19 heavy (non-hydrogen) atoms. The van der Waals surface area contributed by atoms with Gasteiger partial charge in [0, 0.05) is 10.6 Å². The molecule has 2 aromatic rings. The predicted molar refractivity (Wildman–Crippen MR) is 76.6 cm³/mol. The summed E-state index contributed by atoms with van der Waals surface area (Å²) < 4.78 is 5.62. The minimum atomic E-state index is 0.119. The number of thioether (sulfide) groups is 1. The highest BCUT2D eigenvalue weighted by Gasteiger charge is 2.20. The lowest BCUT2D eigenvalue weighted by Gasteiger charge is -2.16. The van der Waals surface area contributed by atoms with E-state index in [-0.39, 0.29) is 6.61 Å². The summed E-state index contributed by atoms with van der Waals surface area (Å²) in [5.74, 6) is 1.96. The van der Waals surface area contributed by atoms with E-state index >= 15 is 0 Å². The van der Waals surface area contributed by atoms with Crippen LogP contribution in [0.5, 0.6) is 0 Å². The predicted octanol–water partition coefficient (Wildman–Crippen LogP) is 3.01. The van der Waals surface area contributed by atoms with Crippen molar-refractivity contribution < 1.29 is 9.52 Å². The highest BCUT2D eigenvalue weighted by atomic mass is 32.2. The summed E-state index contributed by atoms with van der Waals surface area (Å²) in [5, 5.41) is 17.4. The van der Waals surface area contributed by atoms with Crippen molar-refractivity contribution in [2.24, 2.45) is 5.92 Å². The molecular weight excluding hydrogens is 280 g/mol. The van der Waals surface area contributed by atoms with E-state index in [4.69, 9.17) is 9.52 Å². The van der Waals surface area contributed by atoms with Crippen LogP contribution in [0.15, 0.2) is 15.7 Å². The van der Waals surface area contributed by atoms with Gasteiger partial charge in [-0.25, -0.2) is 0 Å². The lowest BCUT2D eigenvalue weighted by molar-refractivity contribution is 0.322. The Balaban J connectivity index is 1.80. The van der Waals surface area contributed by atoms with Crippen LogP contribution >= 0.6 is 23.1 Å². The molecule has 1 N–H and O–H groups in total. The highest BCUT2D eigenvalue weighted by Crippen LogP contribution is 2.37. The fourth-order valence-corrected chi connectivity index (χ4v) is 3.94. The Hall–Kier alpha value is -0.850. The maximum absolute atomic E-state index is 8.78. The first-order chi connectivity index (χ1) is 9.26. The number of aryl methyl sites for hydroxylation is 1. The normalized spacial score (nSPS) is 18.5. The summed E-state index contributed by atoms with van der Waals surface area (Å²) in [6.07, 6.45) is 3.60. The average molecular weight is 296 g/mol. The van der Waals surface area contributed by atoms with Gasteiger partial charge in [0.15, 0.2) is 0 Å². The third-order valence-corrected chi connectivity index (χ3v) is 5.29. The maximum Gasteiger partial charge on any atom is 0.276 e. The van der Waals surface area contributed by atoms with Crippen LogP contribution in [0.1, 0.15) is 23.8 Å². The van der Waals surface area contributed by atoms with Crippen molar-refractivity contribution in [2.75, 3.05) is 12.4 Å². The molecule has 0 aliphatic heterocycles. The second-order valence-electron chi connectivity index (χ2n) is 4.85. The summed E-state index contributed by atoms with van der Waals surface area (Å²) in [4.78, 5) is 2.54. The molecule has 1 aliphatic rings. The monoisotopic (exact) mass is 296 g/mol. The lowest BCUT2D eigenvalue weighted by Crippen LogP contribution is -2.07. The Morgan fingerprint density at radius 2 is 2.42 bits per heavy atom. The van der Waals surface area contributed by atoms with Gasteiger partial charge < -0.3 is 9.52 Å². The van der Waals surface area contributed by atoms with Gasteiger partial charge in [0.05, 0.1) is 11.5 Å². The molecule has 1 unspecified atom stereocenters. The molecule has 0 radical (unpaired) electrons. The van der Waals surface area contributed by atoms with Crippen LogP contribution in [0.3, 0.4) is 0 Å². The summed E-state index contributed by atoms with van der Waals surface area (Å²) in [7, 11) is 0. The Labute approximate surface area is 120 Å². The third kappa shape index (κ3) is 2.85. The molecule has 1 atom stereocenters. The molecule has 0 saturated carbocycles. The second-order valence-corrected chi connectivity index (χ2v) is 7.04. The highest BCUT2D eigenvalue weighted by molar-refractivity contribution is 7.99. The smallest absolute Gasteiger partial charge is 0.276 e. The Morgan fingerprint density at radius 1 is 1.53 bits per heavy atom. The Bertz CT molecular complexity index is 565. The number of nitrogens with zero attached hydrogens (tertiary/aromatic N) is 2. The van der Waals surface area contributed by atoms with Gasteiger partial charge in [0.1, 0.15) is 0 Å². The Morgan fingerprint density at radius 3 is 3.26 bits per heavy atom. The fraction of sp³-hybridized carbons (Fsp3) is 0.538. The summed E-state index contributed by atoms with van der Waals surface area (Å²) in [6.45, 7) is 2.42. The maximum atomic E-state index is 8.78. The van der Waals surface area contributed by atoms with Crippen molar-refractivity contribution in [3.8, 4) is 10.8 Å². The molecule has 2 aromatic heterocycles. The number of fused-ring (bicyclic) bond motifs is 1. The second kappa shape index (κ2) is 5.64. The van der Waals surface area contributed by atoms with Crippen molar-refractivity contribution in [1.29, 1.82) is 0 Å². The van der Waals surface area contributed by atoms with Gasteiger partial charge in [-0.3, -0.25) is 0 Å². The van der Waals surface area contributed by atoms with Crippen molar-refractivity contribution >= 4 is 23.1 Å². The zero-order valence-corrected chi connectivity index (χ0v) is 12.4. The molecule has 0 aromatic carbocycles. The molecule has 4 nitrogen and oxygen atoms in total. The van der Waals surface area contributed by atoms with Gasteiger partial charge in [-0.2, -0.15) is 0 Å². The number of aromatic nitrogens is 2. The van der Waals surface area contributed by atoms with E-state index in [9.17, 15) is 0 Å². The average Bonchev–Trinajstić information content (AvgIpc) is 3.01. The van der Waals surface area contributed by atoms with E-state index in [1.165, 1.54) is 35.0 Å². The minimum Gasteiger partial charge on any atom is -0.410 e. The standard InChI is InChI=1S/C13H16N2O2S2/c1-8-2-3-10-9(6-8)7-11(19-10)12-14-15-13(17-12)18-5-4-16/h7-8,16H,2-6H2,1H3. The van der Waals surface area contributed by atoms with E-state index in [2.05, 4.69) is 23.2 Å². The van der Waals surface area contributed by atoms with E-state index in [1.807, 2.05) is 0 Å². The SMILES string of the molecule is CC1CCc2sc(-c3nnc(SCCO)o3)cc2C1.